The smallest absolute Gasteiger partial charge is 0.239 e. The zero-order valence-electron chi connectivity index (χ0n) is 12.4. The fourth-order valence-electron chi connectivity index (χ4n) is 2.68. The molecule has 2 heterocycles. The van der Waals surface area contributed by atoms with Crippen molar-refractivity contribution in [2.75, 3.05) is 23.8 Å². The average molecular weight is 279 g/mol. The van der Waals surface area contributed by atoms with Crippen LogP contribution in [0, 0.1) is 0 Å². The quantitative estimate of drug-likeness (QED) is 0.835. The Morgan fingerprint density at radius 2 is 2.30 bits per heavy atom. The fraction of sp³-hybridized carbons (Fsp3) is 0.667. The highest BCUT2D eigenvalue weighted by molar-refractivity contribution is 5.55. The van der Waals surface area contributed by atoms with Gasteiger partial charge in [-0.2, -0.15) is 4.98 Å². The molecule has 0 aliphatic carbocycles. The van der Waals surface area contributed by atoms with Gasteiger partial charge in [0.05, 0.1) is 11.8 Å². The van der Waals surface area contributed by atoms with E-state index in [1.165, 1.54) is 6.42 Å². The van der Waals surface area contributed by atoms with Gasteiger partial charge in [0.25, 0.3) is 0 Å². The summed E-state index contributed by atoms with van der Waals surface area (Å²) in [4.78, 5) is 6.88. The highest BCUT2D eigenvalue weighted by Gasteiger charge is 2.25. The van der Waals surface area contributed by atoms with E-state index in [-0.39, 0.29) is 12.7 Å². The molecule has 2 rings (SSSR count). The summed E-state index contributed by atoms with van der Waals surface area (Å²) in [6, 6.07) is 4.28. The molecule has 0 bridgehead atoms. The van der Waals surface area contributed by atoms with Gasteiger partial charge in [0, 0.05) is 19.2 Å². The van der Waals surface area contributed by atoms with Gasteiger partial charge in [0.1, 0.15) is 5.82 Å². The molecule has 0 spiro atoms. The van der Waals surface area contributed by atoms with E-state index in [4.69, 9.17) is 15.6 Å². The van der Waals surface area contributed by atoms with Crippen LogP contribution < -0.4 is 15.4 Å². The van der Waals surface area contributed by atoms with E-state index in [9.17, 15) is 0 Å². The van der Waals surface area contributed by atoms with Crippen LogP contribution in [-0.2, 0) is 0 Å². The summed E-state index contributed by atoms with van der Waals surface area (Å²) in [5.41, 5.74) is 6.49. The number of anilines is 2. The normalized spacial score (nSPS) is 18.8. The first-order valence-electron chi connectivity index (χ1n) is 7.42. The third kappa shape index (κ3) is 3.54. The van der Waals surface area contributed by atoms with E-state index >= 15 is 0 Å². The molecular formula is C15H25N3O2. The number of nitrogens with zero attached hydrogens (tertiary/aromatic N) is 2. The molecule has 1 saturated heterocycles. The number of hydrogen-bond donors (Lipinski definition) is 2. The second kappa shape index (κ2) is 6.79. The molecule has 1 fully saturated rings. The minimum atomic E-state index is 0.0591. The maximum Gasteiger partial charge on any atom is 0.239 e. The Morgan fingerprint density at radius 1 is 1.50 bits per heavy atom. The van der Waals surface area contributed by atoms with Crippen LogP contribution in [0.15, 0.2) is 12.1 Å². The van der Waals surface area contributed by atoms with Crippen LogP contribution >= 0.6 is 0 Å². The monoisotopic (exact) mass is 279 g/mol. The fourth-order valence-corrected chi connectivity index (χ4v) is 2.68. The van der Waals surface area contributed by atoms with Crippen molar-refractivity contribution in [1.82, 2.24) is 4.98 Å². The third-order valence-electron chi connectivity index (χ3n) is 3.59. The Bertz CT molecular complexity index is 437. The van der Waals surface area contributed by atoms with Crippen LogP contribution in [0.2, 0.25) is 0 Å². The molecule has 20 heavy (non-hydrogen) atoms. The van der Waals surface area contributed by atoms with Crippen molar-refractivity contribution in [3.63, 3.8) is 0 Å². The summed E-state index contributed by atoms with van der Waals surface area (Å²) < 4.78 is 5.66. The van der Waals surface area contributed by atoms with Crippen molar-refractivity contribution in [2.45, 2.75) is 51.7 Å². The number of nitrogens with two attached hydrogens (primary N) is 1. The topological polar surface area (TPSA) is 71.6 Å². The molecular weight excluding hydrogens is 254 g/mol. The van der Waals surface area contributed by atoms with Crippen LogP contribution in [0.3, 0.4) is 0 Å². The van der Waals surface area contributed by atoms with Crippen LogP contribution in [-0.4, -0.2) is 35.4 Å². The average Bonchev–Trinajstić information content (AvgIpc) is 2.86. The molecule has 5 heteroatoms. The van der Waals surface area contributed by atoms with Gasteiger partial charge >= 0.3 is 0 Å². The van der Waals surface area contributed by atoms with Crippen LogP contribution in [0.25, 0.3) is 0 Å². The maximum atomic E-state index is 8.99. The summed E-state index contributed by atoms with van der Waals surface area (Å²) >= 11 is 0. The lowest BCUT2D eigenvalue weighted by atomic mass is 10.1. The number of aliphatic hydroxyl groups is 1. The predicted molar refractivity (Wildman–Crippen MR) is 81.1 cm³/mol. The molecule has 1 aliphatic rings. The van der Waals surface area contributed by atoms with Gasteiger partial charge in [-0.1, -0.05) is 0 Å². The van der Waals surface area contributed by atoms with Gasteiger partial charge in [-0.3, -0.25) is 0 Å². The molecule has 0 amide bonds. The number of hydrogen-bond acceptors (Lipinski definition) is 5. The van der Waals surface area contributed by atoms with E-state index in [0.717, 1.165) is 31.6 Å². The molecule has 3 N–H and O–H groups in total. The van der Waals surface area contributed by atoms with Crippen LogP contribution in [0.4, 0.5) is 11.5 Å². The summed E-state index contributed by atoms with van der Waals surface area (Å²) in [6.45, 7) is 5.19. The Labute approximate surface area is 120 Å². The lowest BCUT2D eigenvalue weighted by Gasteiger charge is -2.26. The first-order chi connectivity index (χ1) is 9.61. The molecule has 1 atom stereocenters. The van der Waals surface area contributed by atoms with Gasteiger partial charge in [0.2, 0.25) is 5.88 Å². The molecule has 5 nitrogen and oxygen atoms in total. The number of aliphatic hydroxyl groups excluding tert-OH is 1. The zero-order valence-corrected chi connectivity index (χ0v) is 12.4. The first-order valence-corrected chi connectivity index (χ1v) is 7.42. The van der Waals surface area contributed by atoms with Crippen molar-refractivity contribution in [3.8, 4) is 5.88 Å². The maximum absolute atomic E-state index is 8.99. The van der Waals surface area contributed by atoms with Crippen LogP contribution in [0.5, 0.6) is 5.88 Å². The van der Waals surface area contributed by atoms with Crippen molar-refractivity contribution < 1.29 is 9.84 Å². The van der Waals surface area contributed by atoms with Crippen molar-refractivity contribution >= 4 is 11.5 Å². The third-order valence-corrected chi connectivity index (χ3v) is 3.59. The van der Waals surface area contributed by atoms with Gasteiger partial charge in [-0.25, -0.2) is 0 Å². The second-order valence-electron chi connectivity index (χ2n) is 5.59. The molecule has 1 aromatic rings. The number of nitrogen functional groups attached to an aromatic ring is 1. The minimum absolute atomic E-state index is 0.0591. The molecule has 0 radical (unpaired) electrons. The number of aromatic nitrogens is 1. The van der Waals surface area contributed by atoms with E-state index in [2.05, 4.69) is 9.88 Å². The summed E-state index contributed by atoms with van der Waals surface area (Å²) in [5.74, 6) is 1.44. The molecule has 1 aliphatic heterocycles. The Kier molecular flexibility index (Phi) is 5.06. The summed E-state index contributed by atoms with van der Waals surface area (Å²) in [7, 11) is 0. The highest BCUT2D eigenvalue weighted by atomic mass is 16.5. The minimum Gasteiger partial charge on any atom is -0.473 e. The van der Waals surface area contributed by atoms with Crippen molar-refractivity contribution in [3.05, 3.63) is 12.1 Å². The van der Waals surface area contributed by atoms with Gasteiger partial charge in [0.15, 0.2) is 0 Å². The standard InChI is InChI=1S/C15H25N3O2/c1-11(2)20-15-13(16)7-8-14(17-15)18-9-3-5-12(18)6-4-10-19/h7-8,11-12,19H,3-6,9-10,16H2,1-2H3. The van der Waals surface area contributed by atoms with E-state index in [0.29, 0.717) is 17.6 Å². The summed E-state index contributed by atoms with van der Waals surface area (Å²) in [5, 5.41) is 8.99. The molecule has 0 saturated carbocycles. The molecule has 1 aromatic heterocycles. The Hall–Kier alpha value is -1.49. The van der Waals surface area contributed by atoms with E-state index in [1.54, 1.807) is 0 Å². The van der Waals surface area contributed by atoms with Crippen molar-refractivity contribution in [1.29, 1.82) is 0 Å². The number of pyridine rings is 1. The molecule has 0 aromatic carbocycles. The summed E-state index contributed by atoms with van der Waals surface area (Å²) in [6.07, 6.45) is 4.23. The SMILES string of the molecule is CC(C)Oc1nc(N2CCCC2CCCO)ccc1N. The number of ether oxygens (including phenoxy) is 1. The largest absolute Gasteiger partial charge is 0.473 e. The highest BCUT2D eigenvalue weighted by Crippen LogP contribution is 2.30. The lowest BCUT2D eigenvalue weighted by Crippen LogP contribution is -2.30. The lowest BCUT2D eigenvalue weighted by molar-refractivity contribution is 0.234. The van der Waals surface area contributed by atoms with Gasteiger partial charge in [-0.15, -0.1) is 0 Å². The van der Waals surface area contributed by atoms with Crippen molar-refractivity contribution in [2.24, 2.45) is 0 Å². The second-order valence-corrected chi connectivity index (χ2v) is 5.59. The Morgan fingerprint density at radius 3 is 3.00 bits per heavy atom. The predicted octanol–water partition coefficient (Wildman–Crippen LogP) is 2.19. The van der Waals surface area contributed by atoms with E-state index < -0.39 is 0 Å². The first kappa shape index (κ1) is 14.9. The number of rotatable bonds is 6. The zero-order chi connectivity index (χ0) is 14.5. The molecule has 112 valence electrons. The van der Waals surface area contributed by atoms with Gasteiger partial charge < -0.3 is 20.5 Å². The van der Waals surface area contributed by atoms with Gasteiger partial charge in [-0.05, 0) is 51.7 Å². The molecule has 1 unspecified atom stereocenters. The Balaban J connectivity index is 2.14. The van der Waals surface area contributed by atoms with E-state index in [1.807, 2.05) is 26.0 Å². The van der Waals surface area contributed by atoms with Crippen LogP contribution in [0.1, 0.15) is 39.5 Å².